The molecule has 1 rings (SSSR count). The molecular weight excluding hydrogens is 129 g/mol. The summed E-state index contributed by atoms with van der Waals surface area (Å²) in [6, 6.07) is 6.02. The number of rotatable bonds is 1. The van der Waals surface area contributed by atoms with E-state index in [2.05, 4.69) is 5.87 Å². The Bertz CT molecular complexity index is 274. The maximum Gasteiger partial charge on any atom is 0.123 e. The van der Waals surface area contributed by atoms with E-state index in [1.54, 1.807) is 12.1 Å². The van der Waals surface area contributed by atoms with E-state index >= 15 is 0 Å². The van der Waals surface area contributed by atoms with Crippen LogP contribution in [0.3, 0.4) is 0 Å². The average Bonchev–Trinajstić information content (AvgIpc) is 1.88. The van der Waals surface area contributed by atoms with Gasteiger partial charge in [-0.3, -0.25) is 5.41 Å². The lowest BCUT2D eigenvalue weighted by Gasteiger charge is -1.88. The van der Waals surface area contributed by atoms with Gasteiger partial charge in [-0.15, -0.1) is 0 Å². The molecule has 0 saturated carbocycles. The predicted molar refractivity (Wildman–Crippen MR) is 38.6 cm³/mol. The van der Waals surface area contributed by atoms with Crippen molar-refractivity contribution in [1.82, 2.24) is 0 Å². The van der Waals surface area contributed by atoms with Gasteiger partial charge in [-0.2, -0.15) is 0 Å². The van der Waals surface area contributed by atoms with Crippen LogP contribution >= 0.6 is 0 Å². The fourth-order valence-electron chi connectivity index (χ4n) is 0.680. The third kappa shape index (κ3) is 1.54. The normalized spacial score (nSPS) is 8.50. The molecule has 50 valence electrons. The minimum atomic E-state index is -0.288. The molecule has 0 atom stereocenters. The summed E-state index contributed by atoms with van der Waals surface area (Å²) in [5.41, 5.74) is 0.662. The van der Waals surface area contributed by atoms with Crippen molar-refractivity contribution >= 4 is 11.9 Å². The Labute approximate surface area is 58.3 Å². The quantitative estimate of drug-likeness (QED) is 0.570. The molecule has 0 aliphatic rings. The standard InChI is InChI=1S/C8H6FN/c9-8-3-1-2-7(6-8)4-5-10/h1-4,6,10H. The third-order valence-electron chi connectivity index (χ3n) is 1.09. The third-order valence-corrected chi connectivity index (χ3v) is 1.09. The van der Waals surface area contributed by atoms with Crippen molar-refractivity contribution < 1.29 is 4.39 Å². The molecule has 0 radical (unpaired) electrons. The minimum Gasteiger partial charge on any atom is -0.259 e. The van der Waals surface area contributed by atoms with Crippen LogP contribution in [0.2, 0.25) is 0 Å². The van der Waals surface area contributed by atoms with Gasteiger partial charge in [0.1, 0.15) is 5.82 Å². The van der Waals surface area contributed by atoms with E-state index in [9.17, 15) is 4.39 Å². The first-order chi connectivity index (χ1) is 4.83. The van der Waals surface area contributed by atoms with Gasteiger partial charge in [-0.1, -0.05) is 12.1 Å². The molecule has 1 nitrogen and oxygen atoms in total. The number of nitrogens with one attached hydrogen (secondary N) is 1. The first-order valence-corrected chi connectivity index (χ1v) is 2.84. The summed E-state index contributed by atoms with van der Waals surface area (Å²) >= 11 is 0. The summed E-state index contributed by atoms with van der Waals surface area (Å²) in [6.07, 6.45) is 1.41. The molecule has 1 N–H and O–H groups in total. The van der Waals surface area contributed by atoms with Gasteiger partial charge in [0.25, 0.3) is 0 Å². The number of hydrogen-bond acceptors (Lipinski definition) is 1. The van der Waals surface area contributed by atoms with E-state index in [0.717, 1.165) is 0 Å². The van der Waals surface area contributed by atoms with Crippen LogP contribution in [-0.4, -0.2) is 5.87 Å². The first-order valence-electron chi connectivity index (χ1n) is 2.84. The second-order valence-electron chi connectivity index (χ2n) is 1.84. The van der Waals surface area contributed by atoms with Gasteiger partial charge < -0.3 is 0 Å². The summed E-state index contributed by atoms with van der Waals surface area (Å²) in [5, 5.41) is 6.58. The van der Waals surface area contributed by atoms with Gasteiger partial charge in [0, 0.05) is 6.08 Å². The molecule has 0 aromatic heterocycles. The summed E-state index contributed by atoms with van der Waals surface area (Å²) in [5.74, 6) is 1.78. The molecule has 1 aromatic carbocycles. The Balaban J connectivity index is 3.06. The highest BCUT2D eigenvalue weighted by Crippen LogP contribution is 2.02. The fraction of sp³-hybridized carbons (Fsp3) is 0. The highest BCUT2D eigenvalue weighted by atomic mass is 19.1. The Morgan fingerprint density at radius 1 is 1.50 bits per heavy atom. The maximum absolute atomic E-state index is 12.4. The van der Waals surface area contributed by atoms with Gasteiger partial charge >= 0.3 is 0 Å². The van der Waals surface area contributed by atoms with Gasteiger partial charge in [-0.25, -0.2) is 4.39 Å². The van der Waals surface area contributed by atoms with Crippen LogP contribution in [0.1, 0.15) is 5.56 Å². The molecule has 0 bridgehead atoms. The van der Waals surface area contributed by atoms with Crippen molar-refractivity contribution in [3.8, 4) is 0 Å². The van der Waals surface area contributed by atoms with Crippen molar-refractivity contribution in [1.29, 1.82) is 5.41 Å². The molecule has 10 heavy (non-hydrogen) atoms. The first kappa shape index (κ1) is 6.72. The van der Waals surface area contributed by atoms with E-state index in [4.69, 9.17) is 5.41 Å². The highest BCUT2D eigenvalue weighted by molar-refractivity contribution is 5.75. The van der Waals surface area contributed by atoms with Gasteiger partial charge in [0.05, 0.1) is 0 Å². The minimum absolute atomic E-state index is 0.288. The number of hydrogen-bond donors (Lipinski definition) is 1. The van der Waals surface area contributed by atoms with Gasteiger partial charge in [-0.05, 0) is 23.6 Å². The Morgan fingerprint density at radius 2 is 2.30 bits per heavy atom. The summed E-state index contributed by atoms with van der Waals surface area (Å²) in [6.45, 7) is 0. The number of halogens is 1. The van der Waals surface area contributed by atoms with Crippen molar-refractivity contribution in [3.63, 3.8) is 0 Å². The molecule has 0 aliphatic heterocycles. The zero-order chi connectivity index (χ0) is 7.40. The predicted octanol–water partition coefficient (Wildman–Crippen LogP) is 2.09. The van der Waals surface area contributed by atoms with Gasteiger partial charge in [0.15, 0.2) is 0 Å². The lowest BCUT2D eigenvalue weighted by molar-refractivity contribution is 0.627. The average molecular weight is 135 g/mol. The lowest BCUT2D eigenvalue weighted by Crippen LogP contribution is -1.74. The Morgan fingerprint density at radius 3 is 2.90 bits per heavy atom. The summed E-state index contributed by atoms with van der Waals surface area (Å²) in [7, 11) is 0. The van der Waals surface area contributed by atoms with Gasteiger partial charge in [0.2, 0.25) is 0 Å². The monoisotopic (exact) mass is 135 g/mol. The smallest absolute Gasteiger partial charge is 0.123 e. The zero-order valence-electron chi connectivity index (χ0n) is 5.26. The molecule has 0 spiro atoms. The Hall–Kier alpha value is -1.40. The molecule has 0 aliphatic carbocycles. The molecule has 1 aromatic rings. The largest absolute Gasteiger partial charge is 0.259 e. The maximum atomic E-state index is 12.4. The fourth-order valence-corrected chi connectivity index (χ4v) is 0.680. The second-order valence-corrected chi connectivity index (χ2v) is 1.84. The van der Waals surface area contributed by atoms with E-state index in [-0.39, 0.29) is 5.82 Å². The second kappa shape index (κ2) is 2.95. The van der Waals surface area contributed by atoms with Crippen molar-refractivity contribution in [2.24, 2.45) is 0 Å². The lowest BCUT2D eigenvalue weighted by atomic mass is 10.2. The SMILES string of the molecule is N=C=Cc1cccc(F)c1. The molecular formula is C8H6FN. The highest BCUT2D eigenvalue weighted by Gasteiger charge is 1.87. The molecule has 0 amide bonds. The summed E-state index contributed by atoms with van der Waals surface area (Å²) < 4.78 is 12.4. The topological polar surface area (TPSA) is 23.9 Å². The van der Waals surface area contributed by atoms with Crippen LogP contribution in [0, 0.1) is 11.2 Å². The van der Waals surface area contributed by atoms with E-state index in [0.29, 0.717) is 5.56 Å². The van der Waals surface area contributed by atoms with Crippen LogP contribution < -0.4 is 0 Å². The van der Waals surface area contributed by atoms with E-state index < -0.39 is 0 Å². The van der Waals surface area contributed by atoms with E-state index in [1.165, 1.54) is 18.2 Å². The van der Waals surface area contributed by atoms with Crippen molar-refractivity contribution in [2.75, 3.05) is 0 Å². The summed E-state index contributed by atoms with van der Waals surface area (Å²) in [4.78, 5) is 0. The molecule has 0 heterocycles. The van der Waals surface area contributed by atoms with Crippen LogP contribution in [0.15, 0.2) is 24.3 Å². The molecule has 2 heteroatoms. The molecule has 0 unspecified atom stereocenters. The Kier molecular flexibility index (Phi) is 1.98. The zero-order valence-corrected chi connectivity index (χ0v) is 5.26. The van der Waals surface area contributed by atoms with Crippen LogP contribution in [0.5, 0.6) is 0 Å². The van der Waals surface area contributed by atoms with Crippen LogP contribution in [0.4, 0.5) is 4.39 Å². The van der Waals surface area contributed by atoms with Crippen molar-refractivity contribution in [2.45, 2.75) is 0 Å². The molecule has 0 fully saturated rings. The van der Waals surface area contributed by atoms with Crippen LogP contribution in [-0.2, 0) is 0 Å². The van der Waals surface area contributed by atoms with E-state index in [1.807, 2.05) is 0 Å². The number of benzene rings is 1. The van der Waals surface area contributed by atoms with Crippen molar-refractivity contribution in [3.05, 3.63) is 35.6 Å². The molecule has 0 saturated heterocycles. The van der Waals surface area contributed by atoms with Crippen LogP contribution in [0.25, 0.3) is 6.08 Å².